The summed E-state index contributed by atoms with van der Waals surface area (Å²) in [6, 6.07) is 18.5. The molecule has 1 heterocycles. The minimum Gasteiger partial charge on any atom is -0.378 e. The van der Waals surface area contributed by atoms with Gasteiger partial charge in [-0.3, -0.25) is 10.2 Å². The van der Waals surface area contributed by atoms with E-state index in [4.69, 9.17) is 0 Å². The average molecular weight is 338 g/mol. The van der Waals surface area contributed by atoms with E-state index in [9.17, 15) is 4.79 Å². The van der Waals surface area contributed by atoms with Crippen molar-refractivity contribution in [2.24, 2.45) is 5.92 Å². The van der Waals surface area contributed by atoms with Crippen LogP contribution < -0.4 is 15.8 Å². The van der Waals surface area contributed by atoms with Crippen LogP contribution in [-0.2, 0) is 11.3 Å². The van der Waals surface area contributed by atoms with Gasteiger partial charge in [-0.15, -0.1) is 0 Å². The van der Waals surface area contributed by atoms with Gasteiger partial charge in [-0.25, -0.2) is 5.43 Å². The van der Waals surface area contributed by atoms with E-state index in [0.717, 1.165) is 16.8 Å². The average Bonchev–Trinajstić information content (AvgIpc) is 3.12. The molecule has 25 heavy (non-hydrogen) atoms. The quantitative estimate of drug-likeness (QED) is 0.877. The first-order valence-electron chi connectivity index (χ1n) is 8.61. The molecule has 2 aromatic carbocycles. The highest BCUT2D eigenvalue weighted by atomic mass is 16.2. The highest BCUT2D eigenvalue weighted by Gasteiger charge is 2.35. The minimum atomic E-state index is -0.103. The Morgan fingerprint density at radius 2 is 1.72 bits per heavy atom. The molecule has 0 aliphatic carbocycles. The summed E-state index contributed by atoms with van der Waals surface area (Å²) in [7, 11) is 5.92. The molecule has 3 rings (SSSR count). The first kappa shape index (κ1) is 17.5. The van der Waals surface area contributed by atoms with E-state index < -0.39 is 0 Å². The fourth-order valence-electron chi connectivity index (χ4n) is 3.24. The van der Waals surface area contributed by atoms with Gasteiger partial charge in [0.05, 0.1) is 12.0 Å². The molecule has 5 nitrogen and oxygen atoms in total. The van der Waals surface area contributed by atoms with Crippen molar-refractivity contribution in [1.82, 2.24) is 15.8 Å². The Balaban J connectivity index is 1.67. The Morgan fingerprint density at radius 1 is 1.04 bits per heavy atom. The standard InChI is InChI=1S/C20H26N4O/c1-23(2)17-11-9-15(10-12-17)14-24(3)20(25)18-13-21-22-19(18)16-7-5-4-6-8-16/h4-12,18-19,21-22H,13-14H2,1-3H3. The zero-order chi connectivity index (χ0) is 17.8. The van der Waals surface area contributed by atoms with Crippen LogP contribution in [0, 0.1) is 5.92 Å². The van der Waals surface area contributed by atoms with Crippen LogP contribution in [0.25, 0.3) is 0 Å². The van der Waals surface area contributed by atoms with E-state index >= 15 is 0 Å². The van der Waals surface area contributed by atoms with E-state index in [0.29, 0.717) is 13.1 Å². The summed E-state index contributed by atoms with van der Waals surface area (Å²) < 4.78 is 0. The molecule has 0 spiro atoms. The van der Waals surface area contributed by atoms with E-state index in [1.54, 1.807) is 0 Å². The third kappa shape index (κ3) is 4.00. The van der Waals surface area contributed by atoms with Gasteiger partial charge >= 0.3 is 0 Å². The van der Waals surface area contributed by atoms with Gasteiger partial charge in [0.2, 0.25) is 5.91 Å². The maximum Gasteiger partial charge on any atom is 0.229 e. The third-order valence-corrected chi connectivity index (χ3v) is 4.71. The molecule has 1 saturated heterocycles. The van der Waals surface area contributed by atoms with E-state index in [2.05, 4.69) is 52.1 Å². The second-order valence-corrected chi connectivity index (χ2v) is 6.78. The molecule has 1 aliphatic rings. The molecule has 2 aromatic rings. The number of carbonyl (C=O) groups is 1. The molecule has 0 aromatic heterocycles. The van der Waals surface area contributed by atoms with Crippen LogP contribution in [-0.4, -0.2) is 38.5 Å². The fourth-order valence-corrected chi connectivity index (χ4v) is 3.24. The molecule has 5 heteroatoms. The van der Waals surface area contributed by atoms with Crippen LogP contribution in [0.1, 0.15) is 17.2 Å². The Bertz CT molecular complexity index is 699. The van der Waals surface area contributed by atoms with Gasteiger partial charge in [-0.2, -0.15) is 0 Å². The van der Waals surface area contributed by atoms with Crippen LogP contribution >= 0.6 is 0 Å². The molecule has 1 amide bonds. The maximum absolute atomic E-state index is 12.9. The lowest BCUT2D eigenvalue weighted by molar-refractivity contribution is -0.134. The summed E-state index contributed by atoms with van der Waals surface area (Å²) in [6.07, 6.45) is 0. The van der Waals surface area contributed by atoms with Gasteiger partial charge in [0.25, 0.3) is 0 Å². The van der Waals surface area contributed by atoms with Crippen LogP contribution in [0.3, 0.4) is 0 Å². The Kier molecular flexibility index (Phi) is 5.36. The molecule has 1 fully saturated rings. The van der Waals surface area contributed by atoms with Crippen molar-refractivity contribution >= 4 is 11.6 Å². The highest BCUT2D eigenvalue weighted by Crippen LogP contribution is 2.26. The Hall–Kier alpha value is -2.37. The van der Waals surface area contributed by atoms with Crippen molar-refractivity contribution in [2.45, 2.75) is 12.6 Å². The maximum atomic E-state index is 12.9. The summed E-state index contributed by atoms with van der Waals surface area (Å²) in [4.78, 5) is 16.8. The molecule has 0 saturated carbocycles. The number of nitrogens with one attached hydrogen (secondary N) is 2. The van der Waals surface area contributed by atoms with Crippen LogP contribution in [0.15, 0.2) is 54.6 Å². The molecule has 132 valence electrons. The van der Waals surface area contributed by atoms with Gasteiger partial charge in [-0.1, -0.05) is 42.5 Å². The number of anilines is 1. The minimum absolute atomic E-state index is 0.00673. The summed E-state index contributed by atoms with van der Waals surface area (Å²) in [6.45, 7) is 1.26. The van der Waals surface area contributed by atoms with Gasteiger partial charge in [0.15, 0.2) is 0 Å². The zero-order valence-corrected chi connectivity index (χ0v) is 15.1. The zero-order valence-electron chi connectivity index (χ0n) is 15.1. The monoisotopic (exact) mass is 338 g/mol. The number of carbonyl (C=O) groups excluding carboxylic acids is 1. The molecule has 2 atom stereocenters. The topological polar surface area (TPSA) is 47.6 Å². The molecule has 0 radical (unpaired) electrons. The summed E-state index contributed by atoms with van der Waals surface area (Å²) in [5, 5.41) is 0. The van der Waals surface area contributed by atoms with Gasteiger partial charge in [-0.05, 0) is 23.3 Å². The third-order valence-electron chi connectivity index (χ3n) is 4.71. The first-order valence-corrected chi connectivity index (χ1v) is 8.61. The number of hydrazine groups is 1. The van der Waals surface area contributed by atoms with E-state index in [-0.39, 0.29) is 17.9 Å². The Labute approximate surface area is 149 Å². The molecular weight excluding hydrogens is 312 g/mol. The molecular formula is C20H26N4O. The van der Waals surface area contributed by atoms with E-state index in [1.165, 1.54) is 0 Å². The number of amides is 1. The van der Waals surface area contributed by atoms with E-state index in [1.807, 2.05) is 44.2 Å². The molecule has 2 N–H and O–H groups in total. The summed E-state index contributed by atoms with van der Waals surface area (Å²) >= 11 is 0. The lowest BCUT2D eigenvalue weighted by Gasteiger charge is -2.25. The predicted octanol–water partition coefficient (Wildman–Crippen LogP) is 2.18. The number of nitrogens with zero attached hydrogens (tertiary/aromatic N) is 2. The lowest BCUT2D eigenvalue weighted by Crippen LogP contribution is -2.36. The van der Waals surface area contributed by atoms with Crippen molar-refractivity contribution < 1.29 is 4.79 Å². The number of rotatable bonds is 5. The molecule has 2 unspecified atom stereocenters. The van der Waals surface area contributed by atoms with Crippen molar-refractivity contribution in [2.75, 3.05) is 32.6 Å². The number of hydrogen-bond acceptors (Lipinski definition) is 4. The molecule has 0 bridgehead atoms. The van der Waals surface area contributed by atoms with Gasteiger partial charge in [0, 0.05) is 39.9 Å². The second kappa shape index (κ2) is 7.68. The highest BCUT2D eigenvalue weighted by molar-refractivity contribution is 5.80. The number of benzene rings is 2. The van der Waals surface area contributed by atoms with Crippen LogP contribution in [0.5, 0.6) is 0 Å². The SMILES string of the molecule is CN(Cc1ccc(N(C)C)cc1)C(=O)C1CNNC1c1ccccc1. The van der Waals surface area contributed by atoms with Crippen LogP contribution in [0.4, 0.5) is 5.69 Å². The molecule has 1 aliphatic heterocycles. The van der Waals surface area contributed by atoms with Gasteiger partial charge < -0.3 is 9.80 Å². The van der Waals surface area contributed by atoms with Crippen LogP contribution in [0.2, 0.25) is 0 Å². The second-order valence-electron chi connectivity index (χ2n) is 6.78. The first-order chi connectivity index (χ1) is 12.1. The van der Waals surface area contributed by atoms with Crippen molar-refractivity contribution in [3.63, 3.8) is 0 Å². The number of hydrogen-bond donors (Lipinski definition) is 2. The smallest absolute Gasteiger partial charge is 0.229 e. The summed E-state index contributed by atoms with van der Waals surface area (Å²) in [5.74, 6) is 0.0523. The predicted molar refractivity (Wildman–Crippen MR) is 101 cm³/mol. The van der Waals surface area contributed by atoms with Crippen molar-refractivity contribution in [3.05, 3.63) is 65.7 Å². The Morgan fingerprint density at radius 3 is 2.36 bits per heavy atom. The summed E-state index contributed by atoms with van der Waals surface area (Å²) in [5.41, 5.74) is 9.81. The normalized spacial score (nSPS) is 19.6. The van der Waals surface area contributed by atoms with Gasteiger partial charge in [0.1, 0.15) is 0 Å². The van der Waals surface area contributed by atoms with Crippen molar-refractivity contribution in [1.29, 1.82) is 0 Å². The largest absolute Gasteiger partial charge is 0.378 e. The lowest BCUT2D eigenvalue weighted by atomic mass is 9.93. The van der Waals surface area contributed by atoms with Crippen molar-refractivity contribution in [3.8, 4) is 0 Å². The fraction of sp³-hybridized carbons (Fsp3) is 0.350.